The molecule has 11 aromatic heterocycles. The third-order valence-corrected chi connectivity index (χ3v) is 29.8. The van der Waals surface area contributed by atoms with Crippen molar-refractivity contribution in [3.8, 4) is 77.4 Å². The highest BCUT2D eigenvalue weighted by Gasteiger charge is 2.49. The molecule has 4 saturated carbocycles. The van der Waals surface area contributed by atoms with Crippen molar-refractivity contribution in [1.82, 2.24) is 119 Å². The molecule has 9 aliphatic rings. The highest BCUT2D eigenvalue weighted by molar-refractivity contribution is 7.15. The number of alkyl halides is 5. The lowest BCUT2D eigenvalue weighted by atomic mass is 9.80. The Morgan fingerprint density at radius 2 is 0.847 bits per heavy atom. The molecule has 36 heteroatoms. The number of carbonyl (C=O) groups excluding carboxylic acids is 4. The number of imidazole rings is 4. The van der Waals surface area contributed by atoms with Gasteiger partial charge in [-0.2, -0.15) is 18.3 Å². The third-order valence-electron chi connectivity index (χ3n) is 28.0. The fraction of sp³-hybridized carbons (Fsp3) is 0.396. The average molecular weight is 1890 g/mol. The number of aryl methyl sites for hydroxylation is 5. The Hall–Kier alpha value is -13.5. The summed E-state index contributed by atoms with van der Waals surface area (Å²) in [5.74, 6) is 2.88. The number of ether oxygens (including phenoxy) is 1. The van der Waals surface area contributed by atoms with Gasteiger partial charge in [0.2, 0.25) is 5.92 Å². The zero-order valence-electron chi connectivity index (χ0n) is 77.7. The number of rotatable bonds is 12. The number of carbonyl (C=O) groups is 4. The fourth-order valence-electron chi connectivity index (χ4n) is 20.4. The van der Waals surface area contributed by atoms with Gasteiger partial charge in [-0.25, -0.2) is 62.8 Å². The molecular weight excluding hydrogens is 1790 g/mol. The maximum absolute atomic E-state index is 14.3. The maximum Gasteiger partial charge on any atom is 0.418 e. The van der Waals surface area contributed by atoms with Crippen LogP contribution in [0, 0.1) is 27.7 Å². The number of hydrogen-bond acceptors (Lipinski definition) is 18. The van der Waals surface area contributed by atoms with E-state index in [2.05, 4.69) is 130 Å². The van der Waals surface area contributed by atoms with E-state index in [1.54, 1.807) is 74.0 Å². The first-order valence-electron chi connectivity index (χ1n) is 47.0. The minimum absolute atomic E-state index is 0.0305. The molecular formula is C101H105F5N24O5S2. The van der Waals surface area contributed by atoms with Crippen LogP contribution in [0.1, 0.15) is 172 Å². The summed E-state index contributed by atoms with van der Waals surface area (Å²) < 4.78 is 86.3. The molecule has 0 radical (unpaired) electrons. The molecule has 0 atom stereocenters. The van der Waals surface area contributed by atoms with Gasteiger partial charge in [-0.15, -0.1) is 22.7 Å². The number of aromatic nitrogens is 16. The van der Waals surface area contributed by atoms with Crippen LogP contribution in [0.2, 0.25) is 0 Å². The average Bonchev–Trinajstić information content (AvgIpc) is 1.59. The minimum atomic E-state index is -4.70. The van der Waals surface area contributed by atoms with Gasteiger partial charge in [-0.3, -0.25) is 19.6 Å². The summed E-state index contributed by atoms with van der Waals surface area (Å²) in [6.07, 6.45) is 16.4. The van der Waals surface area contributed by atoms with Gasteiger partial charge in [0.25, 0.3) is 0 Å². The molecule has 1 saturated heterocycles. The summed E-state index contributed by atoms with van der Waals surface area (Å²) in [5.41, 5.74) is 15.9. The van der Waals surface area contributed by atoms with Gasteiger partial charge in [0.1, 0.15) is 23.3 Å². The number of pyridine rings is 4. The Kier molecular flexibility index (Phi) is 23.8. The van der Waals surface area contributed by atoms with Crippen LogP contribution in [-0.2, 0) is 70.3 Å². The van der Waals surface area contributed by atoms with Crippen molar-refractivity contribution < 1.29 is 45.9 Å². The molecule has 137 heavy (non-hydrogen) atoms. The van der Waals surface area contributed by atoms with Crippen LogP contribution < -0.4 is 21.3 Å². The van der Waals surface area contributed by atoms with Gasteiger partial charge in [0.15, 0.2) is 0 Å². The molecule has 5 fully saturated rings. The minimum Gasteiger partial charge on any atom is -0.381 e. The van der Waals surface area contributed by atoms with Gasteiger partial charge >= 0.3 is 30.3 Å². The molecule has 16 heterocycles. The van der Waals surface area contributed by atoms with Crippen molar-refractivity contribution in [2.45, 2.75) is 186 Å². The van der Waals surface area contributed by atoms with E-state index in [1.165, 1.54) is 96.6 Å². The van der Waals surface area contributed by atoms with Crippen LogP contribution in [0.4, 0.5) is 41.1 Å². The number of hydrogen-bond donors (Lipinski definition) is 4. The first kappa shape index (κ1) is 90.0. The Bertz CT molecular complexity index is 7070. The normalized spacial score (nSPS) is 16.9. The molecule has 29 nitrogen and oxygen atoms in total. The molecule has 0 unspecified atom stereocenters. The van der Waals surface area contributed by atoms with Gasteiger partial charge in [0.05, 0.1) is 126 Å². The van der Waals surface area contributed by atoms with Crippen molar-refractivity contribution in [2.24, 2.45) is 7.05 Å². The number of benzene rings is 4. The van der Waals surface area contributed by atoms with Crippen LogP contribution >= 0.6 is 22.7 Å². The van der Waals surface area contributed by atoms with Crippen LogP contribution in [0.3, 0.4) is 0 Å². The zero-order valence-corrected chi connectivity index (χ0v) is 79.3. The Balaban J connectivity index is 0.000000109. The number of amides is 8. The first-order chi connectivity index (χ1) is 66.2. The van der Waals surface area contributed by atoms with Crippen molar-refractivity contribution in [3.63, 3.8) is 0 Å². The topological polar surface area (TPSA) is 305 Å². The number of nitrogens with one attached hydrogen (secondary N) is 4. The van der Waals surface area contributed by atoms with Crippen molar-refractivity contribution in [1.29, 1.82) is 0 Å². The second-order valence-corrected chi connectivity index (χ2v) is 39.6. The molecule has 4 aliphatic carbocycles. The van der Waals surface area contributed by atoms with E-state index < -0.39 is 23.6 Å². The van der Waals surface area contributed by atoms with Crippen LogP contribution in [-0.4, -0.2) is 195 Å². The Labute approximate surface area is 794 Å². The predicted molar refractivity (Wildman–Crippen MR) is 515 cm³/mol. The van der Waals surface area contributed by atoms with Crippen LogP contribution in [0.15, 0.2) is 128 Å². The van der Waals surface area contributed by atoms with Crippen molar-refractivity contribution >= 4 is 90.0 Å². The molecule has 24 rings (SSSR count). The fourth-order valence-corrected chi connectivity index (χ4v) is 21.9. The number of urea groups is 4. The lowest BCUT2D eigenvalue weighted by Crippen LogP contribution is -2.43. The number of fused-ring (bicyclic) bond motifs is 8. The van der Waals surface area contributed by atoms with Crippen molar-refractivity contribution in [3.05, 3.63) is 207 Å². The number of halogens is 5. The summed E-state index contributed by atoms with van der Waals surface area (Å²) in [6.45, 7) is 17.0. The molecule has 4 aromatic carbocycles. The second-order valence-electron chi connectivity index (χ2n) is 37.1. The van der Waals surface area contributed by atoms with Gasteiger partial charge in [0, 0.05) is 235 Å². The first-order valence-corrected chi connectivity index (χ1v) is 48.6. The van der Waals surface area contributed by atoms with Gasteiger partial charge < -0.3 is 63.9 Å². The number of thiazole rings is 2. The summed E-state index contributed by atoms with van der Waals surface area (Å²) in [6, 6.07) is 27.2. The molecule has 706 valence electrons. The quantitative estimate of drug-likeness (QED) is 0.0826. The van der Waals surface area contributed by atoms with E-state index in [-0.39, 0.29) is 60.2 Å². The largest absolute Gasteiger partial charge is 0.418 e. The predicted octanol–water partition coefficient (Wildman–Crippen LogP) is 19.0. The van der Waals surface area contributed by atoms with E-state index in [0.29, 0.717) is 104 Å². The molecule has 4 N–H and O–H groups in total. The van der Waals surface area contributed by atoms with Crippen LogP contribution in [0.5, 0.6) is 0 Å². The second kappa shape index (κ2) is 36.2. The third kappa shape index (κ3) is 17.4. The zero-order chi connectivity index (χ0) is 94.7. The lowest BCUT2D eigenvalue weighted by Gasteiger charge is -2.36. The Morgan fingerprint density at radius 3 is 1.26 bits per heavy atom. The van der Waals surface area contributed by atoms with E-state index in [1.807, 2.05) is 64.1 Å². The van der Waals surface area contributed by atoms with E-state index >= 15 is 0 Å². The van der Waals surface area contributed by atoms with E-state index in [0.717, 1.165) is 166 Å². The summed E-state index contributed by atoms with van der Waals surface area (Å²) in [5, 5.41) is 24.0. The summed E-state index contributed by atoms with van der Waals surface area (Å²) in [7, 11) is 8.18. The molecule has 0 spiro atoms. The monoisotopic (exact) mass is 1890 g/mol. The van der Waals surface area contributed by atoms with E-state index in [9.17, 15) is 41.1 Å². The Morgan fingerprint density at radius 1 is 0.431 bits per heavy atom. The highest BCUT2D eigenvalue weighted by Crippen LogP contribution is 2.53. The molecule has 15 aromatic rings. The summed E-state index contributed by atoms with van der Waals surface area (Å²) in [4.78, 5) is 107. The SMILES string of the molecule is CNC(=O)N1CCn2c(C3CC(F)(F)C3)nc(-c3cccc4nc(-c5cnn(C)c5)c(C(F)(F)F)cc34)c2C1.CNC(=O)N1CCn2c(C3CC3)nc(-c3c(C)ccc4cc(-c5cnc(C)s5)ncc34)c2C1.CNC(=O)N1CCn2c(C3CC3)nc(-c3c(C)ccc4cc(-c5cnc(C)s5)ncc34)c2C1.CNC(=O)N1CCn2c(C3CC3)nc(-c3cccc4cc(C5CCOCC5)ncc34)c2C1. The maximum atomic E-state index is 14.3. The van der Waals surface area contributed by atoms with E-state index in [4.69, 9.17) is 39.6 Å². The number of nitrogens with zero attached hydrogens (tertiary/aromatic N) is 20. The van der Waals surface area contributed by atoms with Gasteiger partial charge in [-0.05, 0) is 137 Å². The van der Waals surface area contributed by atoms with Crippen LogP contribution in [0.25, 0.3) is 121 Å². The summed E-state index contributed by atoms with van der Waals surface area (Å²) >= 11 is 3.32. The molecule has 5 aliphatic heterocycles. The highest BCUT2D eigenvalue weighted by atomic mass is 32.1. The molecule has 0 bridgehead atoms. The molecule has 8 amide bonds. The smallest absolute Gasteiger partial charge is 0.381 e. The standard InChI is InChI=1S/C26H24F5N7O.2C25H26N6OS.C25H29N5O2/c1-32-24(39)37-6-7-38-20(13-37)22(35-23(38)14-9-25(27,28)10-14)16-4-3-5-19-17(16)8-18(26(29,30)31)21(34-19)15-11-33-36(2)12-15;2*1-14-4-5-17-10-19(21-12-27-15(2)33-21)28-11-18(17)22(14)23-20-13-30(25(32)26-3)8-9-31(20)24(29-23)16-6-7-16;1-26-25(31)29-9-10-30-22(15-29)23(28-24(30)17-5-6-17)19-4-2-3-18-13-21(27-14-20(18)19)16-7-11-32-12-8-16/h3-5,8,11-12,14H,6-7,9-10,13H2,1-2H3,(H,32,39);2*4-5,10-12,16H,6-9,13H2,1-3H3,(H,26,32);2-4,13-14,16-17H,5-12,15H2,1H3,(H,26,31). The van der Waals surface area contributed by atoms with Crippen molar-refractivity contribution in [2.75, 3.05) is 67.6 Å². The lowest BCUT2D eigenvalue weighted by molar-refractivity contribution is -0.137. The van der Waals surface area contributed by atoms with Gasteiger partial charge in [-0.1, -0.05) is 54.6 Å².